The molecule has 6 aliphatic rings. The van der Waals surface area contributed by atoms with Gasteiger partial charge in [-0.05, 0) is 111 Å². The van der Waals surface area contributed by atoms with Gasteiger partial charge in [0.15, 0.2) is 0 Å². The summed E-state index contributed by atoms with van der Waals surface area (Å²) in [4.78, 5) is 0. The fourth-order valence-corrected chi connectivity index (χ4v) is 10.5. The zero-order valence-corrected chi connectivity index (χ0v) is 20.0. The minimum absolute atomic E-state index is 0.0180. The zero-order valence-electron chi connectivity index (χ0n) is 20.0. The Morgan fingerprint density at radius 3 is 2.43 bits per heavy atom. The standard InChI is InChI=1S/C27H46N2O/c1-16-7-12-27(29-15-16)17(2)24-23(30-27)14-22-20-6-5-18-13-19(28)8-10-25(18,3)21(20)9-11-26(22,24)4/h16-24,29H,5-15,28H2,1-4H3/t16-,17-,18-,19+,20+,21-,22-,23-,24-,25-,26-,27-/m0/s1. The summed E-state index contributed by atoms with van der Waals surface area (Å²) >= 11 is 0. The molecule has 6 rings (SSSR count). The summed E-state index contributed by atoms with van der Waals surface area (Å²) < 4.78 is 7.03. The maximum Gasteiger partial charge on any atom is 0.122 e. The molecule has 0 unspecified atom stereocenters. The molecular formula is C27H46N2O. The van der Waals surface area contributed by atoms with Crippen molar-refractivity contribution in [2.45, 2.75) is 110 Å². The Balaban J connectivity index is 1.26. The topological polar surface area (TPSA) is 47.3 Å². The molecule has 0 aromatic carbocycles. The zero-order chi connectivity index (χ0) is 20.9. The molecule has 170 valence electrons. The highest BCUT2D eigenvalue weighted by Crippen LogP contribution is 2.70. The first kappa shape index (κ1) is 20.5. The number of nitrogens with two attached hydrogens (primary N) is 1. The Kier molecular flexibility index (Phi) is 4.58. The Bertz CT molecular complexity index is 686. The number of fused-ring (bicyclic) bond motifs is 7. The lowest BCUT2D eigenvalue weighted by molar-refractivity contribution is -0.133. The van der Waals surface area contributed by atoms with Crippen molar-refractivity contribution in [3.8, 4) is 0 Å². The van der Waals surface area contributed by atoms with Gasteiger partial charge in [-0.1, -0.05) is 27.7 Å². The van der Waals surface area contributed by atoms with Crippen LogP contribution >= 0.6 is 0 Å². The summed E-state index contributed by atoms with van der Waals surface area (Å²) in [5.74, 6) is 5.87. The summed E-state index contributed by atoms with van der Waals surface area (Å²) in [6, 6.07) is 0.468. The van der Waals surface area contributed by atoms with Gasteiger partial charge in [0.1, 0.15) is 5.72 Å². The Labute approximate surface area is 184 Å². The van der Waals surface area contributed by atoms with Crippen LogP contribution in [0.1, 0.15) is 91.9 Å². The Morgan fingerprint density at radius 2 is 1.67 bits per heavy atom. The SMILES string of the molecule is C[C@H]1CC[C@]2(NC1)O[C@H]1C[C@H]3[C@@H]4CC[C@H]5C[C@H](N)CC[C@]5(C)[C@H]4CC[C@]3(C)[C@H]1[C@@H]2C. The quantitative estimate of drug-likeness (QED) is 0.563. The Hall–Kier alpha value is -0.120. The lowest BCUT2D eigenvalue weighted by Crippen LogP contribution is -2.57. The highest BCUT2D eigenvalue weighted by Gasteiger charge is 2.68. The smallest absolute Gasteiger partial charge is 0.122 e. The third-order valence-electron chi connectivity index (χ3n) is 12.2. The van der Waals surface area contributed by atoms with Crippen LogP contribution in [0.2, 0.25) is 0 Å². The van der Waals surface area contributed by atoms with Gasteiger partial charge in [0.25, 0.3) is 0 Å². The molecular weight excluding hydrogens is 368 g/mol. The van der Waals surface area contributed by atoms with Crippen molar-refractivity contribution >= 4 is 0 Å². The number of hydrogen-bond acceptors (Lipinski definition) is 3. The molecule has 2 saturated heterocycles. The van der Waals surface area contributed by atoms with E-state index < -0.39 is 0 Å². The molecule has 1 spiro atoms. The second kappa shape index (κ2) is 6.70. The van der Waals surface area contributed by atoms with E-state index in [0.29, 0.717) is 28.9 Å². The van der Waals surface area contributed by atoms with Crippen molar-refractivity contribution in [1.82, 2.24) is 5.32 Å². The summed E-state index contributed by atoms with van der Waals surface area (Å²) in [6.45, 7) is 11.4. The predicted molar refractivity (Wildman–Crippen MR) is 122 cm³/mol. The average Bonchev–Trinajstić information content (AvgIpc) is 3.16. The molecule has 4 saturated carbocycles. The highest BCUT2D eigenvalue weighted by molar-refractivity contribution is 5.16. The fraction of sp³-hybridized carbons (Fsp3) is 1.00. The van der Waals surface area contributed by atoms with Crippen LogP contribution in [-0.2, 0) is 4.74 Å². The van der Waals surface area contributed by atoms with Crippen molar-refractivity contribution in [2.24, 2.45) is 58.0 Å². The van der Waals surface area contributed by atoms with E-state index in [9.17, 15) is 0 Å². The molecule has 3 heteroatoms. The molecule has 0 bridgehead atoms. The van der Waals surface area contributed by atoms with E-state index in [0.717, 1.165) is 42.1 Å². The van der Waals surface area contributed by atoms with E-state index in [1.807, 2.05) is 0 Å². The van der Waals surface area contributed by atoms with Gasteiger partial charge >= 0.3 is 0 Å². The van der Waals surface area contributed by atoms with Crippen LogP contribution in [-0.4, -0.2) is 24.4 Å². The van der Waals surface area contributed by atoms with E-state index in [2.05, 4.69) is 33.0 Å². The molecule has 2 aliphatic heterocycles. The first-order valence-electron chi connectivity index (χ1n) is 13.5. The molecule has 2 heterocycles. The summed E-state index contributed by atoms with van der Waals surface area (Å²) in [6.07, 6.45) is 14.1. The largest absolute Gasteiger partial charge is 0.357 e. The van der Waals surface area contributed by atoms with Gasteiger partial charge < -0.3 is 10.5 Å². The molecule has 4 aliphatic carbocycles. The van der Waals surface area contributed by atoms with Gasteiger partial charge in [-0.2, -0.15) is 0 Å². The summed E-state index contributed by atoms with van der Waals surface area (Å²) in [5, 5.41) is 3.90. The molecule has 3 N–H and O–H groups in total. The van der Waals surface area contributed by atoms with Crippen LogP contribution < -0.4 is 11.1 Å². The molecule has 0 radical (unpaired) electrons. The predicted octanol–water partition coefficient (Wildman–Crippen LogP) is 5.33. The van der Waals surface area contributed by atoms with E-state index in [-0.39, 0.29) is 5.72 Å². The molecule has 0 aromatic heterocycles. The van der Waals surface area contributed by atoms with Gasteiger partial charge in [-0.25, -0.2) is 0 Å². The van der Waals surface area contributed by atoms with Crippen LogP contribution in [0.3, 0.4) is 0 Å². The van der Waals surface area contributed by atoms with Crippen molar-refractivity contribution in [3.05, 3.63) is 0 Å². The second-order valence-corrected chi connectivity index (χ2v) is 13.4. The van der Waals surface area contributed by atoms with E-state index >= 15 is 0 Å². The normalized spacial score (nSPS) is 62.5. The van der Waals surface area contributed by atoms with Crippen LogP contribution in [0.4, 0.5) is 0 Å². The third kappa shape index (κ3) is 2.61. The van der Waals surface area contributed by atoms with Crippen molar-refractivity contribution in [1.29, 1.82) is 0 Å². The molecule has 6 fully saturated rings. The summed E-state index contributed by atoms with van der Waals surface area (Å²) in [7, 11) is 0. The van der Waals surface area contributed by atoms with Gasteiger partial charge in [-0.15, -0.1) is 0 Å². The van der Waals surface area contributed by atoms with Crippen molar-refractivity contribution in [3.63, 3.8) is 0 Å². The van der Waals surface area contributed by atoms with Crippen molar-refractivity contribution in [2.75, 3.05) is 6.54 Å². The van der Waals surface area contributed by atoms with Gasteiger partial charge in [0.2, 0.25) is 0 Å². The average molecular weight is 415 g/mol. The lowest BCUT2D eigenvalue weighted by atomic mass is 9.44. The van der Waals surface area contributed by atoms with Crippen LogP contribution in [0.25, 0.3) is 0 Å². The van der Waals surface area contributed by atoms with Gasteiger partial charge in [0.05, 0.1) is 6.10 Å². The maximum absolute atomic E-state index is 7.03. The highest BCUT2D eigenvalue weighted by atomic mass is 16.5. The van der Waals surface area contributed by atoms with E-state index in [4.69, 9.17) is 10.5 Å². The first-order valence-corrected chi connectivity index (χ1v) is 13.5. The van der Waals surface area contributed by atoms with E-state index in [1.165, 1.54) is 64.2 Å². The summed E-state index contributed by atoms with van der Waals surface area (Å²) in [5.41, 5.74) is 7.44. The Morgan fingerprint density at radius 1 is 0.867 bits per heavy atom. The minimum atomic E-state index is -0.0180. The molecule has 0 amide bonds. The molecule has 0 aromatic rings. The van der Waals surface area contributed by atoms with Gasteiger partial charge in [-0.3, -0.25) is 5.32 Å². The van der Waals surface area contributed by atoms with Crippen LogP contribution in [0.5, 0.6) is 0 Å². The van der Waals surface area contributed by atoms with Crippen LogP contribution in [0.15, 0.2) is 0 Å². The van der Waals surface area contributed by atoms with Gasteiger partial charge in [0, 0.05) is 18.5 Å². The third-order valence-corrected chi connectivity index (χ3v) is 12.2. The van der Waals surface area contributed by atoms with Crippen molar-refractivity contribution < 1.29 is 4.74 Å². The molecule has 30 heavy (non-hydrogen) atoms. The number of piperidine rings is 1. The monoisotopic (exact) mass is 414 g/mol. The fourth-order valence-electron chi connectivity index (χ4n) is 10.5. The van der Waals surface area contributed by atoms with Crippen LogP contribution in [0, 0.1) is 52.3 Å². The maximum atomic E-state index is 7.03. The minimum Gasteiger partial charge on any atom is -0.357 e. The first-order chi connectivity index (χ1) is 14.3. The lowest BCUT2D eigenvalue weighted by Gasteiger charge is -2.61. The number of nitrogens with one attached hydrogen (secondary N) is 1. The number of rotatable bonds is 0. The van der Waals surface area contributed by atoms with E-state index in [1.54, 1.807) is 0 Å². The second-order valence-electron chi connectivity index (χ2n) is 13.4. The number of ether oxygens (including phenoxy) is 1. The number of hydrogen-bond donors (Lipinski definition) is 2. The molecule has 12 atom stereocenters. The molecule has 3 nitrogen and oxygen atoms in total.